The van der Waals surface area contributed by atoms with E-state index in [-0.39, 0.29) is 11.0 Å². The van der Waals surface area contributed by atoms with Gasteiger partial charge in [-0.1, -0.05) is 13.8 Å². The number of carbonyl (C=O) groups is 1. The Bertz CT molecular complexity index is 683. The fourth-order valence-corrected chi connectivity index (χ4v) is 5.33. The number of carbonyl (C=O) groups excluding carboxylic acids is 1. The number of benzene rings is 1. The average Bonchev–Trinajstić information content (AvgIpc) is 3.24. The van der Waals surface area contributed by atoms with Gasteiger partial charge in [-0.25, -0.2) is 4.39 Å². The normalized spacial score (nSPS) is 34.1. The van der Waals surface area contributed by atoms with Crippen LogP contribution in [0.4, 0.5) is 4.39 Å². The van der Waals surface area contributed by atoms with Gasteiger partial charge in [-0.15, -0.1) is 0 Å². The number of fused-ring (bicyclic) bond motifs is 1. The van der Waals surface area contributed by atoms with E-state index in [1.54, 1.807) is 6.07 Å². The summed E-state index contributed by atoms with van der Waals surface area (Å²) >= 11 is 0. The quantitative estimate of drug-likeness (QED) is 0.845. The number of hydrogen-bond donors (Lipinski definition) is 1. The molecular weight excluding hydrogens is 317 g/mol. The van der Waals surface area contributed by atoms with Crippen molar-refractivity contribution in [1.29, 1.82) is 0 Å². The molecule has 1 amide bonds. The minimum Gasteiger partial charge on any atom is -0.493 e. The molecule has 1 aromatic rings. The van der Waals surface area contributed by atoms with Gasteiger partial charge in [0.1, 0.15) is 11.6 Å². The van der Waals surface area contributed by atoms with Gasteiger partial charge in [-0.05, 0) is 73.8 Å². The largest absolute Gasteiger partial charge is 0.493 e. The van der Waals surface area contributed by atoms with Gasteiger partial charge in [0.2, 0.25) is 0 Å². The Morgan fingerprint density at radius 3 is 2.48 bits per heavy atom. The van der Waals surface area contributed by atoms with Gasteiger partial charge in [-0.3, -0.25) is 4.79 Å². The maximum Gasteiger partial charge on any atom is 0.251 e. The lowest BCUT2D eigenvalue weighted by molar-refractivity contribution is 0.0996. The van der Waals surface area contributed by atoms with Gasteiger partial charge in [0.25, 0.3) is 5.91 Å². The van der Waals surface area contributed by atoms with E-state index in [2.05, 4.69) is 13.8 Å². The molecule has 4 heteroatoms. The molecule has 25 heavy (non-hydrogen) atoms. The van der Waals surface area contributed by atoms with Crippen molar-refractivity contribution in [2.75, 3.05) is 6.61 Å². The zero-order chi connectivity index (χ0) is 17.8. The van der Waals surface area contributed by atoms with Crippen LogP contribution in [0, 0.1) is 29.0 Å². The van der Waals surface area contributed by atoms with Crippen LogP contribution in [0.25, 0.3) is 0 Å². The minimum atomic E-state index is -0.712. The smallest absolute Gasteiger partial charge is 0.251 e. The number of nitrogens with two attached hydrogens (primary N) is 1. The Balaban J connectivity index is 1.49. The van der Waals surface area contributed by atoms with Gasteiger partial charge >= 0.3 is 0 Å². The first kappa shape index (κ1) is 16.9. The van der Waals surface area contributed by atoms with E-state index in [9.17, 15) is 9.18 Å². The highest BCUT2D eigenvalue weighted by atomic mass is 19.1. The molecule has 3 saturated carbocycles. The van der Waals surface area contributed by atoms with E-state index in [1.165, 1.54) is 31.7 Å². The number of ether oxygens (including phenoxy) is 1. The van der Waals surface area contributed by atoms with Gasteiger partial charge in [0, 0.05) is 11.5 Å². The van der Waals surface area contributed by atoms with Crippen molar-refractivity contribution >= 4 is 5.91 Å². The summed E-state index contributed by atoms with van der Waals surface area (Å²) in [5, 5.41) is 0. The second-order valence-corrected chi connectivity index (χ2v) is 9.11. The molecule has 3 nitrogen and oxygen atoms in total. The van der Waals surface area contributed by atoms with Crippen molar-refractivity contribution in [1.82, 2.24) is 0 Å². The molecule has 0 radical (unpaired) electrons. The average molecular weight is 345 g/mol. The summed E-state index contributed by atoms with van der Waals surface area (Å²) in [6, 6.07) is 2.98. The molecule has 0 aromatic heterocycles. The van der Waals surface area contributed by atoms with Gasteiger partial charge in [0.05, 0.1) is 12.2 Å². The SMILES string of the molecule is CC1CC2CC(C)(COc3cc(F)c(C(N)=O)cc3C3CC3)CC2C1. The molecule has 0 heterocycles. The van der Waals surface area contributed by atoms with Crippen LogP contribution in [-0.2, 0) is 0 Å². The topological polar surface area (TPSA) is 52.3 Å². The molecule has 1 aromatic carbocycles. The zero-order valence-electron chi connectivity index (χ0n) is 15.2. The molecule has 0 saturated heterocycles. The molecule has 0 bridgehead atoms. The number of rotatable bonds is 5. The van der Waals surface area contributed by atoms with Crippen molar-refractivity contribution in [3.63, 3.8) is 0 Å². The Hall–Kier alpha value is -1.58. The third kappa shape index (κ3) is 3.28. The van der Waals surface area contributed by atoms with E-state index in [0.717, 1.165) is 36.2 Å². The maximum absolute atomic E-state index is 14.2. The highest BCUT2D eigenvalue weighted by Gasteiger charge is 2.46. The lowest BCUT2D eigenvalue weighted by atomic mass is 9.86. The Morgan fingerprint density at radius 2 is 1.92 bits per heavy atom. The van der Waals surface area contributed by atoms with E-state index in [4.69, 9.17) is 10.5 Å². The summed E-state index contributed by atoms with van der Waals surface area (Å²) < 4.78 is 20.4. The zero-order valence-corrected chi connectivity index (χ0v) is 15.2. The fourth-order valence-electron chi connectivity index (χ4n) is 5.33. The summed E-state index contributed by atoms with van der Waals surface area (Å²) in [5.74, 6) is 2.23. The Kier molecular flexibility index (Phi) is 4.04. The third-order valence-electron chi connectivity index (χ3n) is 6.55. The van der Waals surface area contributed by atoms with Gasteiger partial charge in [0.15, 0.2) is 0 Å². The van der Waals surface area contributed by atoms with Crippen LogP contribution < -0.4 is 10.5 Å². The lowest BCUT2D eigenvalue weighted by Gasteiger charge is -2.26. The van der Waals surface area contributed by atoms with E-state index in [1.807, 2.05) is 0 Å². The molecule has 2 N–H and O–H groups in total. The molecule has 136 valence electrons. The van der Waals surface area contributed by atoms with Crippen LogP contribution in [0.3, 0.4) is 0 Å². The maximum atomic E-state index is 14.2. The molecule has 2 atom stereocenters. The predicted molar refractivity (Wildman–Crippen MR) is 95.1 cm³/mol. The first-order chi connectivity index (χ1) is 11.8. The molecule has 3 fully saturated rings. The van der Waals surface area contributed by atoms with Crippen LogP contribution in [0.2, 0.25) is 0 Å². The second kappa shape index (κ2) is 6.00. The van der Waals surface area contributed by atoms with E-state index in [0.29, 0.717) is 18.3 Å². The number of hydrogen-bond acceptors (Lipinski definition) is 2. The highest BCUT2D eigenvalue weighted by Crippen LogP contribution is 2.55. The number of halogens is 1. The molecule has 3 aliphatic carbocycles. The Labute approximate surface area is 149 Å². The fraction of sp³-hybridized carbons (Fsp3) is 0.667. The Morgan fingerprint density at radius 1 is 1.28 bits per heavy atom. The van der Waals surface area contributed by atoms with Crippen molar-refractivity contribution in [2.45, 2.75) is 58.3 Å². The minimum absolute atomic E-state index is 0.0233. The molecule has 0 aliphatic heterocycles. The number of amides is 1. The van der Waals surface area contributed by atoms with Gasteiger partial charge < -0.3 is 10.5 Å². The van der Waals surface area contributed by atoms with Crippen molar-refractivity contribution in [3.8, 4) is 5.75 Å². The molecule has 3 aliphatic rings. The van der Waals surface area contributed by atoms with Crippen molar-refractivity contribution < 1.29 is 13.9 Å². The summed E-state index contributed by atoms with van der Waals surface area (Å²) in [6.07, 6.45) is 7.25. The molecular formula is C21H28FNO2. The van der Waals surface area contributed by atoms with E-state index >= 15 is 0 Å². The summed E-state index contributed by atoms with van der Waals surface area (Å²) in [4.78, 5) is 11.4. The summed E-state index contributed by atoms with van der Waals surface area (Å²) in [6.45, 7) is 5.29. The van der Waals surface area contributed by atoms with Crippen LogP contribution in [0.15, 0.2) is 12.1 Å². The second-order valence-electron chi connectivity index (χ2n) is 9.11. The standard InChI is InChI=1S/C21H28FNO2/c1-12-5-14-9-21(2,10-15(14)6-12)11-25-19-8-18(22)17(20(23)24)7-16(19)13-3-4-13/h7-8,12-15H,3-6,9-11H2,1-2H3,(H2,23,24). The lowest BCUT2D eigenvalue weighted by Crippen LogP contribution is -2.23. The molecule has 4 rings (SSSR count). The highest BCUT2D eigenvalue weighted by molar-refractivity contribution is 5.93. The first-order valence-corrected chi connectivity index (χ1v) is 9.61. The summed E-state index contributed by atoms with van der Waals surface area (Å²) in [7, 11) is 0. The monoisotopic (exact) mass is 345 g/mol. The van der Waals surface area contributed by atoms with Gasteiger partial charge in [-0.2, -0.15) is 0 Å². The van der Waals surface area contributed by atoms with Crippen molar-refractivity contribution in [2.24, 2.45) is 28.9 Å². The predicted octanol–water partition coefficient (Wildman–Crippen LogP) is 4.64. The van der Waals surface area contributed by atoms with Crippen molar-refractivity contribution in [3.05, 3.63) is 29.1 Å². The third-order valence-corrected chi connectivity index (χ3v) is 6.55. The summed E-state index contributed by atoms with van der Waals surface area (Å²) in [5.41, 5.74) is 6.39. The molecule has 0 spiro atoms. The number of primary amides is 1. The van der Waals surface area contributed by atoms with Crippen LogP contribution in [0.1, 0.15) is 74.2 Å². The van der Waals surface area contributed by atoms with Crippen LogP contribution in [0.5, 0.6) is 5.75 Å². The van der Waals surface area contributed by atoms with Crippen LogP contribution in [-0.4, -0.2) is 12.5 Å². The first-order valence-electron chi connectivity index (χ1n) is 9.61. The van der Waals surface area contributed by atoms with Crippen LogP contribution >= 0.6 is 0 Å². The molecule has 2 unspecified atom stereocenters. The van der Waals surface area contributed by atoms with E-state index < -0.39 is 11.7 Å².